The number of hydrogen-bond acceptors (Lipinski definition) is 3. The highest BCUT2D eigenvalue weighted by Gasteiger charge is 2.36. The van der Waals surface area contributed by atoms with Crippen LogP contribution < -0.4 is 10.1 Å². The number of alkyl halides is 2. The molecule has 1 aromatic heterocycles. The zero-order chi connectivity index (χ0) is 20.6. The zero-order valence-electron chi connectivity index (χ0n) is 16.8. The highest BCUT2D eigenvalue weighted by atomic mass is 19.3. The molecule has 29 heavy (non-hydrogen) atoms. The van der Waals surface area contributed by atoms with Crippen LogP contribution in [0.5, 0.6) is 5.75 Å². The Hall–Kier alpha value is -2.44. The Balaban J connectivity index is 1.56. The predicted molar refractivity (Wildman–Crippen MR) is 105 cm³/mol. The highest BCUT2D eigenvalue weighted by Crippen LogP contribution is 2.45. The van der Waals surface area contributed by atoms with E-state index in [1.165, 1.54) is 12.8 Å². The number of carbonyl (C=O) groups is 1. The minimum Gasteiger partial charge on any atom is -0.487 e. The molecule has 156 valence electrons. The fourth-order valence-electron chi connectivity index (χ4n) is 3.80. The number of imidazole rings is 1. The van der Waals surface area contributed by atoms with Crippen LogP contribution in [0.15, 0.2) is 30.7 Å². The average molecular weight is 403 g/mol. The van der Waals surface area contributed by atoms with E-state index in [-0.39, 0.29) is 5.91 Å². The van der Waals surface area contributed by atoms with Gasteiger partial charge in [0, 0.05) is 11.8 Å². The molecule has 0 radical (unpaired) electrons. The molecule has 7 heteroatoms. The maximum atomic E-state index is 13.1. The standard InChI is InChI=1S/C22H27F2N3O2/c1-14-11-27(13-25-14)22(2,10-15-3-4-15)26-21(28)17-7-8-18(16-5-6-16)19(9-17)29-12-20(23)24/h7-9,11,13,15-16,20H,3-6,10,12H2,1-2H3,(H,26,28)/t22-/m0/s1. The van der Waals surface area contributed by atoms with E-state index in [0.717, 1.165) is 30.5 Å². The number of hydrogen-bond donors (Lipinski definition) is 1. The first-order valence-corrected chi connectivity index (χ1v) is 10.2. The second-order valence-electron chi connectivity index (χ2n) is 8.53. The van der Waals surface area contributed by atoms with Gasteiger partial charge in [-0.2, -0.15) is 0 Å². The third-order valence-corrected chi connectivity index (χ3v) is 5.71. The third-order valence-electron chi connectivity index (χ3n) is 5.71. The van der Waals surface area contributed by atoms with Crippen molar-refractivity contribution in [2.24, 2.45) is 5.92 Å². The maximum absolute atomic E-state index is 13.1. The summed E-state index contributed by atoms with van der Waals surface area (Å²) in [5.41, 5.74) is 1.61. The molecule has 2 fully saturated rings. The molecular weight excluding hydrogens is 376 g/mol. The van der Waals surface area contributed by atoms with Gasteiger partial charge in [0.1, 0.15) is 18.0 Å². The van der Waals surface area contributed by atoms with E-state index in [0.29, 0.717) is 23.1 Å². The SMILES string of the molecule is Cc1cn([C@@](C)(CC2CC2)NC(=O)c2ccc(C3CC3)c(OCC(F)F)c2)cn1. The highest BCUT2D eigenvalue weighted by molar-refractivity contribution is 5.95. The number of ether oxygens (including phenoxy) is 1. The monoisotopic (exact) mass is 403 g/mol. The second kappa shape index (κ2) is 7.76. The molecule has 1 amide bonds. The Morgan fingerprint density at radius 2 is 2.10 bits per heavy atom. The van der Waals surface area contributed by atoms with Gasteiger partial charge in [-0.05, 0) is 62.6 Å². The molecule has 5 nitrogen and oxygen atoms in total. The predicted octanol–water partition coefficient (Wildman–Crippen LogP) is 4.62. The van der Waals surface area contributed by atoms with Crippen molar-refractivity contribution in [3.05, 3.63) is 47.5 Å². The van der Waals surface area contributed by atoms with Crippen LogP contribution in [-0.2, 0) is 5.66 Å². The summed E-state index contributed by atoms with van der Waals surface area (Å²) >= 11 is 0. The minimum atomic E-state index is -2.55. The number of nitrogens with one attached hydrogen (secondary N) is 1. The summed E-state index contributed by atoms with van der Waals surface area (Å²) in [5, 5.41) is 3.15. The fourth-order valence-corrected chi connectivity index (χ4v) is 3.80. The number of rotatable bonds is 9. The van der Waals surface area contributed by atoms with Gasteiger partial charge in [0.25, 0.3) is 12.3 Å². The van der Waals surface area contributed by atoms with Crippen molar-refractivity contribution < 1.29 is 18.3 Å². The van der Waals surface area contributed by atoms with Gasteiger partial charge < -0.3 is 14.6 Å². The first-order chi connectivity index (χ1) is 13.8. The summed E-state index contributed by atoms with van der Waals surface area (Å²) in [5.74, 6) is 1.07. The average Bonchev–Trinajstić information content (AvgIpc) is 3.60. The molecule has 0 unspecified atom stereocenters. The van der Waals surface area contributed by atoms with Crippen molar-refractivity contribution in [1.29, 1.82) is 0 Å². The minimum absolute atomic E-state index is 0.247. The van der Waals surface area contributed by atoms with Gasteiger partial charge in [0.2, 0.25) is 0 Å². The smallest absolute Gasteiger partial charge is 0.272 e. The van der Waals surface area contributed by atoms with Gasteiger partial charge in [-0.1, -0.05) is 18.9 Å². The third kappa shape index (κ3) is 4.77. The maximum Gasteiger partial charge on any atom is 0.272 e. The van der Waals surface area contributed by atoms with E-state index in [1.807, 2.05) is 30.7 Å². The Bertz CT molecular complexity index is 890. The van der Waals surface area contributed by atoms with Crippen molar-refractivity contribution in [3.63, 3.8) is 0 Å². The van der Waals surface area contributed by atoms with Crippen LogP contribution in [0.3, 0.4) is 0 Å². The lowest BCUT2D eigenvalue weighted by atomic mass is 10.0. The Morgan fingerprint density at radius 1 is 1.34 bits per heavy atom. The van der Waals surface area contributed by atoms with Crippen molar-refractivity contribution in [1.82, 2.24) is 14.9 Å². The quantitative estimate of drug-likeness (QED) is 0.665. The van der Waals surface area contributed by atoms with Crippen LogP contribution in [0, 0.1) is 12.8 Å². The summed E-state index contributed by atoms with van der Waals surface area (Å²) < 4.78 is 32.6. The summed E-state index contributed by atoms with van der Waals surface area (Å²) in [6.07, 6.45) is 6.32. The molecule has 1 heterocycles. The van der Waals surface area contributed by atoms with E-state index in [9.17, 15) is 13.6 Å². The first-order valence-electron chi connectivity index (χ1n) is 10.2. The molecule has 0 spiro atoms. The number of amides is 1. The van der Waals surface area contributed by atoms with Crippen molar-refractivity contribution in [2.45, 2.75) is 64.0 Å². The first kappa shape index (κ1) is 19.9. The fraction of sp³-hybridized carbons (Fsp3) is 0.545. The molecule has 2 aliphatic carbocycles. The van der Waals surface area contributed by atoms with E-state index in [4.69, 9.17) is 4.74 Å². The van der Waals surface area contributed by atoms with Crippen molar-refractivity contribution in [2.75, 3.05) is 6.61 Å². The summed E-state index contributed by atoms with van der Waals surface area (Å²) in [6, 6.07) is 5.20. The molecule has 2 saturated carbocycles. The number of carbonyl (C=O) groups excluding carboxylic acids is 1. The number of halogens is 2. The second-order valence-corrected chi connectivity index (χ2v) is 8.53. The summed E-state index contributed by atoms with van der Waals surface area (Å²) in [6.45, 7) is 3.24. The molecular formula is C22H27F2N3O2. The van der Waals surface area contributed by atoms with Crippen LogP contribution in [0.2, 0.25) is 0 Å². The normalized spacial score (nSPS) is 18.5. The van der Waals surface area contributed by atoms with Gasteiger partial charge in [-0.15, -0.1) is 0 Å². The van der Waals surface area contributed by atoms with Crippen LogP contribution in [0.1, 0.15) is 66.6 Å². The summed E-state index contributed by atoms with van der Waals surface area (Å²) in [7, 11) is 0. The van der Waals surface area contributed by atoms with Crippen LogP contribution in [0.4, 0.5) is 8.78 Å². The van der Waals surface area contributed by atoms with Crippen LogP contribution in [0.25, 0.3) is 0 Å². The number of nitrogens with zero attached hydrogens (tertiary/aromatic N) is 2. The van der Waals surface area contributed by atoms with Crippen LogP contribution in [-0.4, -0.2) is 28.5 Å². The molecule has 0 saturated heterocycles. The van der Waals surface area contributed by atoms with E-state index >= 15 is 0 Å². The number of benzene rings is 1. The van der Waals surface area contributed by atoms with Crippen molar-refractivity contribution in [3.8, 4) is 5.75 Å². The Kier molecular flexibility index (Phi) is 5.32. The lowest BCUT2D eigenvalue weighted by Crippen LogP contribution is -2.48. The van der Waals surface area contributed by atoms with E-state index < -0.39 is 18.7 Å². The summed E-state index contributed by atoms with van der Waals surface area (Å²) in [4.78, 5) is 17.4. The molecule has 1 aromatic carbocycles. The molecule has 1 atom stereocenters. The van der Waals surface area contributed by atoms with Crippen molar-refractivity contribution >= 4 is 5.91 Å². The van der Waals surface area contributed by atoms with Gasteiger partial charge in [-0.3, -0.25) is 4.79 Å². The molecule has 0 bridgehead atoms. The lowest BCUT2D eigenvalue weighted by Gasteiger charge is -2.32. The zero-order valence-corrected chi connectivity index (χ0v) is 16.8. The van der Waals surface area contributed by atoms with Gasteiger partial charge in [-0.25, -0.2) is 13.8 Å². The van der Waals surface area contributed by atoms with Gasteiger partial charge >= 0.3 is 0 Å². The number of aromatic nitrogens is 2. The number of aryl methyl sites for hydroxylation is 1. The Labute approximate surface area is 169 Å². The van der Waals surface area contributed by atoms with E-state index in [1.54, 1.807) is 18.5 Å². The van der Waals surface area contributed by atoms with E-state index in [2.05, 4.69) is 10.3 Å². The molecule has 2 aromatic rings. The van der Waals surface area contributed by atoms with Gasteiger partial charge in [0.15, 0.2) is 0 Å². The topological polar surface area (TPSA) is 56.2 Å². The molecule has 0 aliphatic heterocycles. The molecule has 2 aliphatic rings. The molecule has 4 rings (SSSR count). The largest absolute Gasteiger partial charge is 0.487 e. The van der Waals surface area contributed by atoms with Crippen LogP contribution >= 0.6 is 0 Å². The lowest BCUT2D eigenvalue weighted by molar-refractivity contribution is 0.0809. The van der Waals surface area contributed by atoms with Gasteiger partial charge in [0.05, 0.1) is 12.0 Å². The Morgan fingerprint density at radius 3 is 2.69 bits per heavy atom. The molecule has 1 N–H and O–H groups in total.